The predicted molar refractivity (Wildman–Crippen MR) is 87.1 cm³/mol. The van der Waals surface area contributed by atoms with Crippen molar-refractivity contribution in [3.8, 4) is 5.75 Å². The lowest BCUT2D eigenvalue weighted by atomic mass is 9.81. The van der Waals surface area contributed by atoms with Crippen LogP contribution >= 0.6 is 0 Å². The zero-order valence-corrected chi connectivity index (χ0v) is 13.4. The highest BCUT2D eigenvalue weighted by Gasteiger charge is 2.17. The number of allylic oxidation sites excluding steroid dienone is 2. The Morgan fingerprint density at radius 2 is 2.05 bits per heavy atom. The molecule has 114 valence electrons. The fraction of sp³-hybridized carbons (Fsp3) is 0.526. The van der Waals surface area contributed by atoms with E-state index in [0.29, 0.717) is 5.75 Å². The standard InChI is InChI=1S/C19H26O2/c1-4-14(2)13-16-5-7-17(8-6-16)18-9-11-19(12-10-18)21-15(3)20/h7,9-12,14,16H,4-6,8,13H2,1-3H3. The van der Waals surface area contributed by atoms with E-state index in [2.05, 4.69) is 32.1 Å². The third-order valence-electron chi connectivity index (χ3n) is 4.44. The Morgan fingerprint density at radius 1 is 1.33 bits per heavy atom. The maximum Gasteiger partial charge on any atom is 0.308 e. The van der Waals surface area contributed by atoms with E-state index in [9.17, 15) is 4.79 Å². The zero-order chi connectivity index (χ0) is 15.2. The highest BCUT2D eigenvalue weighted by molar-refractivity contribution is 5.70. The molecule has 21 heavy (non-hydrogen) atoms. The molecule has 0 N–H and O–H groups in total. The first-order valence-electron chi connectivity index (χ1n) is 8.06. The summed E-state index contributed by atoms with van der Waals surface area (Å²) in [6.45, 7) is 6.06. The van der Waals surface area contributed by atoms with Crippen molar-refractivity contribution in [2.24, 2.45) is 11.8 Å². The topological polar surface area (TPSA) is 26.3 Å². The third-order valence-corrected chi connectivity index (χ3v) is 4.44. The summed E-state index contributed by atoms with van der Waals surface area (Å²) in [5, 5.41) is 0. The first-order chi connectivity index (χ1) is 10.1. The summed E-state index contributed by atoms with van der Waals surface area (Å²) >= 11 is 0. The summed E-state index contributed by atoms with van der Waals surface area (Å²) in [4.78, 5) is 10.9. The highest BCUT2D eigenvalue weighted by Crippen LogP contribution is 2.34. The molecule has 1 aromatic rings. The van der Waals surface area contributed by atoms with Crippen molar-refractivity contribution in [3.63, 3.8) is 0 Å². The molecule has 0 saturated heterocycles. The number of ether oxygens (including phenoxy) is 1. The van der Waals surface area contributed by atoms with E-state index >= 15 is 0 Å². The number of hydrogen-bond donors (Lipinski definition) is 0. The lowest BCUT2D eigenvalue weighted by molar-refractivity contribution is -0.131. The summed E-state index contributed by atoms with van der Waals surface area (Å²) in [6.07, 6.45) is 8.69. The molecule has 2 nitrogen and oxygen atoms in total. The molecular formula is C19H26O2. The van der Waals surface area contributed by atoms with Gasteiger partial charge < -0.3 is 4.74 Å². The van der Waals surface area contributed by atoms with Crippen molar-refractivity contribution in [3.05, 3.63) is 35.9 Å². The van der Waals surface area contributed by atoms with E-state index in [1.807, 2.05) is 12.1 Å². The molecule has 1 aromatic carbocycles. The molecule has 0 radical (unpaired) electrons. The Balaban J connectivity index is 1.95. The Morgan fingerprint density at radius 3 is 2.57 bits per heavy atom. The summed E-state index contributed by atoms with van der Waals surface area (Å²) in [6, 6.07) is 7.86. The number of carbonyl (C=O) groups excluding carboxylic acids is 1. The Hall–Kier alpha value is -1.57. The minimum absolute atomic E-state index is 0.271. The van der Waals surface area contributed by atoms with Crippen LogP contribution in [0.3, 0.4) is 0 Å². The van der Waals surface area contributed by atoms with E-state index in [1.165, 1.54) is 43.7 Å². The van der Waals surface area contributed by atoms with Gasteiger partial charge >= 0.3 is 5.97 Å². The molecule has 0 amide bonds. The van der Waals surface area contributed by atoms with Crippen LogP contribution in [0.15, 0.2) is 30.3 Å². The van der Waals surface area contributed by atoms with Crippen molar-refractivity contribution in [1.29, 1.82) is 0 Å². The van der Waals surface area contributed by atoms with Gasteiger partial charge in [0.25, 0.3) is 0 Å². The van der Waals surface area contributed by atoms with Crippen LogP contribution in [0.2, 0.25) is 0 Å². The minimum atomic E-state index is -0.271. The normalized spacial score (nSPS) is 19.8. The van der Waals surface area contributed by atoms with E-state index < -0.39 is 0 Å². The van der Waals surface area contributed by atoms with Gasteiger partial charge in [-0.05, 0) is 60.8 Å². The smallest absolute Gasteiger partial charge is 0.308 e. The molecule has 2 atom stereocenters. The zero-order valence-electron chi connectivity index (χ0n) is 13.4. The largest absolute Gasteiger partial charge is 0.427 e. The van der Waals surface area contributed by atoms with Crippen LogP contribution in [0.4, 0.5) is 0 Å². The first kappa shape index (κ1) is 15.8. The molecule has 0 saturated carbocycles. The second-order valence-electron chi connectivity index (χ2n) is 6.24. The third kappa shape index (κ3) is 4.73. The second-order valence-corrected chi connectivity index (χ2v) is 6.24. The van der Waals surface area contributed by atoms with Gasteiger partial charge in [-0.2, -0.15) is 0 Å². The van der Waals surface area contributed by atoms with Crippen molar-refractivity contribution in [1.82, 2.24) is 0 Å². The number of hydrogen-bond acceptors (Lipinski definition) is 2. The van der Waals surface area contributed by atoms with Gasteiger partial charge in [0.05, 0.1) is 0 Å². The molecule has 0 fully saturated rings. The van der Waals surface area contributed by atoms with Crippen molar-refractivity contribution < 1.29 is 9.53 Å². The van der Waals surface area contributed by atoms with Gasteiger partial charge in [-0.3, -0.25) is 4.79 Å². The average molecular weight is 286 g/mol. The first-order valence-corrected chi connectivity index (χ1v) is 8.06. The molecule has 1 aliphatic carbocycles. The van der Waals surface area contributed by atoms with Gasteiger partial charge in [0.15, 0.2) is 0 Å². The number of benzene rings is 1. The van der Waals surface area contributed by atoms with Crippen molar-refractivity contribution in [2.45, 2.75) is 52.9 Å². The van der Waals surface area contributed by atoms with Crippen LogP contribution in [0, 0.1) is 11.8 Å². The molecule has 0 spiro atoms. The molecule has 1 aliphatic rings. The average Bonchev–Trinajstić information content (AvgIpc) is 2.48. The van der Waals surface area contributed by atoms with Gasteiger partial charge in [-0.15, -0.1) is 0 Å². The van der Waals surface area contributed by atoms with Gasteiger partial charge in [-0.1, -0.05) is 38.5 Å². The maximum atomic E-state index is 10.9. The van der Waals surface area contributed by atoms with Crippen LogP contribution in [0.25, 0.3) is 5.57 Å². The van der Waals surface area contributed by atoms with E-state index in [1.54, 1.807) is 0 Å². The monoisotopic (exact) mass is 286 g/mol. The summed E-state index contributed by atoms with van der Waals surface area (Å²) < 4.78 is 5.07. The Bertz CT molecular complexity index is 499. The molecular weight excluding hydrogens is 260 g/mol. The Kier molecular flexibility index (Phi) is 5.60. The lowest BCUT2D eigenvalue weighted by Crippen LogP contribution is -2.09. The van der Waals surface area contributed by atoms with Gasteiger partial charge in [0.1, 0.15) is 5.75 Å². The molecule has 0 aromatic heterocycles. The van der Waals surface area contributed by atoms with Crippen molar-refractivity contribution in [2.75, 3.05) is 0 Å². The van der Waals surface area contributed by atoms with Crippen LogP contribution in [-0.2, 0) is 4.79 Å². The molecule has 0 aliphatic heterocycles. The van der Waals surface area contributed by atoms with E-state index in [0.717, 1.165) is 18.3 Å². The quantitative estimate of drug-likeness (QED) is 0.547. The summed E-state index contributed by atoms with van der Waals surface area (Å²) in [5.41, 5.74) is 2.69. The minimum Gasteiger partial charge on any atom is -0.427 e. The fourth-order valence-corrected chi connectivity index (χ4v) is 3.00. The van der Waals surface area contributed by atoms with Gasteiger partial charge in [0.2, 0.25) is 0 Å². The maximum absolute atomic E-state index is 10.9. The molecule has 0 heterocycles. The van der Waals surface area contributed by atoms with Crippen LogP contribution in [0.5, 0.6) is 5.75 Å². The van der Waals surface area contributed by atoms with E-state index in [-0.39, 0.29) is 5.97 Å². The predicted octanol–water partition coefficient (Wildman–Crippen LogP) is 5.23. The molecule has 2 unspecified atom stereocenters. The van der Waals surface area contributed by atoms with E-state index in [4.69, 9.17) is 4.74 Å². The number of rotatable bonds is 5. The Labute approximate surface area is 128 Å². The number of esters is 1. The summed E-state index contributed by atoms with van der Waals surface area (Å²) in [7, 11) is 0. The number of carbonyl (C=O) groups is 1. The van der Waals surface area contributed by atoms with Crippen LogP contribution in [0.1, 0.15) is 58.4 Å². The van der Waals surface area contributed by atoms with Gasteiger partial charge in [-0.25, -0.2) is 0 Å². The molecule has 2 heteroatoms. The fourth-order valence-electron chi connectivity index (χ4n) is 3.00. The van der Waals surface area contributed by atoms with Crippen molar-refractivity contribution >= 4 is 11.5 Å². The second kappa shape index (κ2) is 7.44. The van der Waals surface area contributed by atoms with Crippen LogP contribution < -0.4 is 4.74 Å². The highest BCUT2D eigenvalue weighted by atomic mass is 16.5. The lowest BCUT2D eigenvalue weighted by Gasteiger charge is -2.24. The molecule has 0 bridgehead atoms. The van der Waals surface area contributed by atoms with Crippen LogP contribution in [-0.4, -0.2) is 5.97 Å². The summed E-state index contributed by atoms with van der Waals surface area (Å²) in [5.74, 6) is 2.04. The molecule has 2 rings (SSSR count). The van der Waals surface area contributed by atoms with Gasteiger partial charge in [0, 0.05) is 6.92 Å². The SMILES string of the molecule is CCC(C)CC1CC=C(c2ccc(OC(C)=O)cc2)CC1.